The monoisotopic (exact) mass is 264 g/mol. The Morgan fingerprint density at radius 1 is 1.22 bits per heavy atom. The van der Waals surface area contributed by atoms with Crippen molar-refractivity contribution in [2.75, 3.05) is 0 Å². The Bertz CT molecular complexity index is 737. The Morgan fingerprint density at radius 3 is 2.44 bits per heavy atom. The lowest BCUT2D eigenvalue weighted by molar-refractivity contribution is 0.103. The second kappa shape index (κ2) is 4.38. The predicted molar refractivity (Wildman–Crippen MR) is 69.4 cm³/mol. The second-order valence-corrected chi connectivity index (χ2v) is 5.33. The Labute approximate surface area is 107 Å². The Balaban J connectivity index is 2.63. The number of rotatable bonds is 2. The van der Waals surface area contributed by atoms with Gasteiger partial charge in [-0.1, -0.05) is 0 Å². The SMILES string of the molecule is Cc1ccc(C(=O)c2cn(C)c(=O)n(C)c2=O)s1. The summed E-state index contributed by atoms with van der Waals surface area (Å²) in [6.07, 6.45) is 1.29. The highest BCUT2D eigenvalue weighted by Crippen LogP contribution is 2.17. The van der Waals surface area contributed by atoms with Gasteiger partial charge in [-0.3, -0.25) is 14.2 Å². The quantitative estimate of drug-likeness (QED) is 0.750. The minimum atomic E-state index is -0.561. The molecule has 18 heavy (non-hydrogen) atoms. The second-order valence-electron chi connectivity index (χ2n) is 4.04. The number of hydrogen-bond acceptors (Lipinski definition) is 4. The van der Waals surface area contributed by atoms with Crippen molar-refractivity contribution in [1.82, 2.24) is 9.13 Å². The van der Waals surface area contributed by atoms with Crippen molar-refractivity contribution in [3.05, 3.63) is 54.5 Å². The molecule has 0 spiro atoms. The lowest BCUT2D eigenvalue weighted by atomic mass is 10.2. The highest BCUT2D eigenvalue weighted by molar-refractivity contribution is 7.14. The van der Waals surface area contributed by atoms with Crippen LogP contribution in [0.1, 0.15) is 20.1 Å². The summed E-state index contributed by atoms with van der Waals surface area (Å²) in [7, 11) is 2.87. The Kier molecular flexibility index (Phi) is 3.04. The fourth-order valence-corrected chi connectivity index (χ4v) is 2.47. The average molecular weight is 264 g/mol. The van der Waals surface area contributed by atoms with E-state index >= 15 is 0 Å². The summed E-state index contributed by atoms with van der Waals surface area (Å²) in [5, 5.41) is 0. The number of ketones is 1. The van der Waals surface area contributed by atoms with Crippen molar-refractivity contribution in [3.8, 4) is 0 Å². The zero-order valence-electron chi connectivity index (χ0n) is 10.3. The maximum Gasteiger partial charge on any atom is 0.330 e. The van der Waals surface area contributed by atoms with Crippen LogP contribution in [-0.4, -0.2) is 14.9 Å². The van der Waals surface area contributed by atoms with Crippen molar-refractivity contribution >= 4 is 17.1 Å². The normalized spacial score (nSPS) is 10.6. The summed E-state index contributed by atoms with van der Waals surface area (Å²) >= 11 is 1.33. The fraction of sp³-hybridized carbons (Fsp3) is 0.250. The number of nitrogens with zero attached hydrogens (tertiary/aromatic N) is 2. The number of hydrogen-bond donors (Lipinski definition) is 0. The maximum atomic E-state index is 12.2. The van der Waals surface area contributed by atoms with Gasteiger partial charge in [0.1, 0.15) is 5.56 Å². The van der Waals surface area contributed by atoms with Gasteiger partial charge in [0.15, 0.2) is 0 Å². The summed E-state index contributed by atoms with van der Waals surface area (Å²) in [5.74, 6) is -0.343. The first kappa shape index (κ1) is 12.5. The molecule has 6 heteroatoms. The van der Waals surface area contributed by atoms with E-state index in [0.717, 1.165) is 9.44 Å². The van der Waals surface area contributed by atoms with Gasteiger partial charge >= 0.3 is 5.69 Å². The first-order valence-electron chi connectivity index (χ1n) is 5.29. The minimum absolute atomic E-state index is 0.0152. The van der Waals surface area contributed by atoms with Crippen LogP contribution >= 0.6 is 11.3 Å². The molecule has 0 saturated carbocycles. The first-order valence-corrected chi connectivity index (χ1v) is 6.11. The van der Waals surface area contributed by atoms with Crippen LogP contribution < -0.4 is 11.2 Å². The van der Waals surface area contributed by atoms with E-state index < -0.39 is 11.2 Å². The van der Waals surface area contributed by atoms with Crippen LogP contribution in [0.2, 0.25) is 0 Å². The molecule has 0 saturated heterocycles. The van der Waals surface area contributed by atoms with Crippen LogP contribution in [0.5, 0.6) is 0 Å². The smallest absolute Gasteiger partial charge is 0.303 e. The first-order chi connectivity index (χ1) is 8.41. The lowest BCUT2D eigenvalue weighted by Gasteiger charge is -2.04. The molecule has 0 N–H and O–H groups in total. The topological polar surface area (TPSA) is 61.1 Å². The van der Waals surface area contributed by atoms with Crippen LogP contribution in [0.25, 0.3) is 0 Å². The fourth-order valence-electron chi connectivity index (χ4n) is 1.65. The van der Waals surface area contributed by atoms with E-state index in [-0.39, 0.29) is 11.3 Å². The molecule has 2 rings (SSSR count). The van der Waals surface area contributed by atoms with Crippen molar-refractivity contribution in [3.63, 3.8) is 0 Å². The van der Waals surface area contributed by atoms with Crippen LogP contribution in [0.4, 0.5) is 0 Å². The maximum absolute atomic E-state index is 12.2. The zero-order valence-corrected chi connectivity index (χ0v) is 11.1. The molecule has 0 aliphatic heterocycles. The van der Waals surface area contributed by atoms with E-state index in [1.807, 2.05) is 13.0 Å². The largest absolute Gasteiger partial charge is 0.330 e. The van der Waals surface area contributed by atoms with Crippen LogP contribution in [0.15, 0.2) is 27.9 Å². The summed E-state index contributed by atoms with van der Waals surface area (Å²) in [6.45, 7) is 1.89. The third-order valence-electron chi connectivity index (χ3n) is 2.66. The summed E-state index contributed by atoms with van der Waals surface area (Å²) < 4.78 is 2.17. The number of aromatic nitrogens is 2. The minimum Gasteiger partial charge on any atom is -0.303 e. The molecule has 0 aliphatic rings. The van der Waals surface area contributed by atoms with E-state index in [4.69, 9.17) is 0 Å². The third-order valence-corrected chi connectivity index (χ3v) is 3.65. The Hall–Kier alpha value is -1.95. The standard InChI is InChI=1S/C12H12N2O3S/c1-7-4-5-9(18-7)10(15)8-6-13(2)12(17)14(3)11(8)16/h4-6H,1-3H3. The average Bonchev–Trinajstić information content (AvgIpc) is 2.77. The molecular formula is C12H12N2O3S. The molecule has 0 radical (unpaired) electrons. The number of carbonyl (C=O) groups is 1. The van der Waals surface area contributed by atoms with Gasteiger partial charge in [0.2, 0.25) is 5.78 Å². The van der Waals surface area contributed by atoms with E-state index in [2.05, 4.69) is 0 Å². The van der Waals surface area contributed by atoms with Gasteiger partial charge in [0.25, 0.3) is 5.56 Å². The van der Waals surface area contributed by atoms with Gasteiger partial charge in [0.05, 0.1) is 4.88 Å². The van der Waals surface area contributed by atoms with Crippen LogP contribution in [-0.2, 0) is 14.1 Å². The van der Waals surface area contributed by atoms with Gasteiger partial charge in [-0.05, 0) is 19.1 Å². The molecule has 2 aromatic heterocycles. The number of thiophene rings is 1. The van der Waals surface area contributed by atoms with Crippen molar-refractivity contribution in [1.29, 1.82) is 0 Å². The highest BCUT2D eigenvalue weighted by atomic mass is 32.1. The highest BCUT2D eigenvalue weighted by Gasteiger charge is 2.17. The molecule has 0 fully saturated rings. The van der Waals surface area contributed by atoms with Gasteiger partial charge in [-0.25, -0.2) is 4.79 Å². The Morgan fingerprint density at radius 2 is 1.89 bits per heavy atom. The molecule has 94 valence electrons. The van der Waals surface area contributed by atoms with Crippen molar-refractivity contribution < 1.29 is 4.79 Å². The molecule has 0 aromatic carbocycles. The van der Waals surface area contributed by atoms with Crippen LogP contribution in [0.3, 0.4) is 0 Å². The van der Waals surface area contributed by atoms with E-state index in [1.165, 1.54) is 36.2 Å². The molecule has 2 heterocycles. The van der Waals surface area contributed by atoms with E-state index in [1.54, 1.807) is 6.07 Å². The van der Waals surface area contributed by atoms with Crippen molar-refractivity contribution in [2.24, 2.45) is 14.1 Å². The molecule has 5 nitrogen and oxygen atoms in total. The third kappa shape index (κ3) is 1.95. The predicted octanol–water partition coefficient (Wildman–Crippen LogP) is 0.685. The molecule has 0 aliphatic carbocycles. The van der Waals surface area contributed by atoms with Gasteiger partial charge < -0.3 is 4.57 Å². The summed E-state index contributed by atoms with van der Waals surface area (Å²) in [5.41, 5.74) is -0.991. The molecule has 0 atom stereocenters. The molecule has 0 unspecified atom stereocenters. The van der Waals surface area contributed by atoms with Crippen molar-refractivity contribution in [2.45, 2.75) is 6.92 Å². The van der Waals surface area contributed by atoms with Gasteiger partial charge in [-0.15, -0.1) is 11.3 Å². The van der Waals surface area contributed by atoms with Crippen LogP contribution in [0, 0.1) is 6.92 Å². The van der Waals surface area contributed by atoms with E-state index in [9.17, 15) is 14.4 Å². The van der Waals surface area contributed by atoms with Gasteiger partial charge in [-0.2, -0.15) is 0 Å². The summed E-state index contributed by atoms with van der Waals surface area (Å²) in [6, 6.07) is 3.51. The molecule has 2 aromatic rings. The zero-order chi connectivity index (χ0) is 13.4. The van der Waals surface area contributed by atoms with Gasteiger partial charge in [0, 0.05) is 25.2 Å². The number of carbonyl (C=O) groups excluding carboxylic acids is 1. The summed E-state index contributed by atoms with van der Waals surface area (Å²) in [4.78, 5) is 37.1. The van der Waals surface area contributed by atoms with E-state index in [0.29, 0.717) is 4.88 Å². The lowest BCUT2D eigenvalue weighted by Crippen LogP contribution is -2.39. The number of aryl methyl sites for hydroxylation is 2. The molecular weight excluding hydrogens is 252 g/mol. The molecule has 0 amide bonds. The molecule has 0 bridgehead atoms.